The zero-order valence-corrected chi connectivity index (χ0v) is 11.0. The van der Waals surface area contributed by atoms with E-state index in [0.717, 1.165) is 12.8 Å². The van der Waals surface area contributed by atoms with Gasteiger partial charge in [-0.15, -0.1) is 0 Å². The predicted molar refractivity (Wildman–Crippen MR) is 65.0 cm³/mol. The van der Waals surface area contributed by atoms with Gasteiger partial charge in [0, 0.05) is 7.05 Å². The summed E-state index contributed by atoms with van der Waals surface area (Å²) in [5.41, 5.74) is 0.230. The Kier molecular flexibility index (Phi) is 3.43. The Morgan fingerprint density at radius 1 is 1.50 bits per heavy atom. The van der Waals surface area contributed by atoms with Crippen LogP contribution in [0.2, 0.25) is 0 Å². The Morgan fingerprint density at radius 2 is 2.11 bits per heavy atom. The normalized spacial score (nSPS) is 17.2. The zero-order valence-electron chi connectivity index (χ0n) is 10.2. The molecule has 7 heteroatoms. The molecule has 1 heterocycles. The summed E-state index contributed by atoms with van der Waals surface area (Å²) in [7, 11) is -1.72. The molecule has 1 aromatic heterocycles. The number of hydrogen-bond acceptors (Lipinski definition) is 4. The number of aromatic nitrogens is 2. The molecule has 6 nitrogen and oxygen atoms in total. The van der Waals surface area contributed by atoms with Gasteiger partial charge >= 0.3 is 5.97 Å². The summed E-state index contributed by atoms with van der Waals surface area (Å²) in [5, 5.41) is 12.5. The standard InChI is InChI=1S/C11H16N2O4S/c1-13-10(9(6-12-13)11(14)15)7-18(16,17)8-4-2-3-5-8/h6,8H,2-5,7H2,1H3,(H,14,15). The van der Waals surface area contributed by atoms with E-state index < -0.39 is 15.8 Å². The highest BCUT2D eigenvalue weighted by Gasteiger charge is 2.31. The largest absolute Gasteiger partial charge is 0.478 e. The molecule has 1 aliphatic carbocycles. The number of carboxylic acid groups (broad SMARTS) is 1. The molecule has 1 aliphatic rings. The smallest absolute Gasteiger partial charge is 0.339 e. The Hall–Kier alpha value is -1.37. The van der Waals surface area contributed by atoms with Crippen molar-refractivity contribution < 1.29 is 18.3 Å². The molecule has 1 fully saturated rings. The van der Waals surface area contributed by atoms with Gasteiger partial charge < -0.3 is 5.11 Å². The summed E-state index contributed by atoms with van der Waals surface area (Å²) in [6, 6.07) is 0. The van der Waals surface area contributed by atoms with E-state index in [2.05, 4.69) is 5.10 Å². The van der Waals surface area contributed by atoms with E-state index in [0.29, 0.717) is 12.8 Å². The minimum Gasteiger partial charge on any atom is -0.478 e. The Bertz CT molecular complexity index is 556. The molecule has 0 aliphatic heterocycles. The average Bonchev–Trinajstić information content (AvgIpc) is 2.89. The molecule has 2 rings (SSSR count). The van der Waals surface area contributed by atoms with Crippen LogP contribution in [0.5, 0.6) is 0 Å². The molecule has 0 unspecified atom stereocenters. The second-order valence-corrected chi connectivity index (χ2v) is 6.93. The molecule has 1 saturated carbocycles. The van der Waals surface area contributed by atoms with Crippen molar-refractivity contribution in [3.05, 3.63) is 17.5 Å². The SMILES string of the molecule is Cn1ncc(C(=O)O)c1CS(=O)(=O)C1CCCC1. The lowest BCUT2D eigenvalue weighted by Gasteiger charge is -2.11. The van der Waals surface area contributed by atoms with Gasteiger partial charge in [0.2, 0.25) is 0 Å². The monoisotopic (exact) mass is 272 g/mol. The van der Waals surface area contributed by atoms with Crippen LogP contribution >= 0.6 is 0 Å². The van der Waals surface area contributed by atoms with Crippen molar-refractivity contribution in [2.45, 2.75) is 36.7 Å². The van der Waals surface area contributed by atoms with E-state index in [9.17, 15) is 13.2 Å². The summed E-state index contributed by atoms with van der Waals surface area (Å²) in [4.78, 5) is 11.0. The molecule has 0 saturated heterocycles. The Balaban J connectivity index is 2.28. The summed E-state index contributed by atoms with van der Waals surface area (Å²) in [6.45, 7) is 0. The van der Waals surface area contributed by atoms with Crippen LogP contribution in [0.25, 0.3) is 0 Å². The third kappa shape index (κ3) is 2.40. The maximum Gasteiger partial charge on any atom is 0.339 e. The second kappa shape index (κ2) is 4.72. The van der Waals surface area contributed by atoms with Crippen LogP contribution in [0, 0.1) is 0 Å². The van der Waals surface area contributed by atoms with Gasteiger partial charge in [0.1, 0.15) is 5.56 Å². The van der Waals surface area contributed by atoms with Gasteiger partial charge in [-0.1, -0.05) is 12.8 Å². The van der Waals surface area contributed by atoms with Crippen LogP contribution in [-0.2, 0) is 22.6 Å². The van der Waals surface area contributed by atoms with Crippen molar-refractivity contribution in [3.63, 3.8) is 0 Å². The van der Waals surface area contributed by atoms with E-state index in [1.165, 1.54) is 10.9 Å². The quantitative estimate of drug-likeness (QED) is 0.882. The van der Waals surface area contributed by atoms with Crippen LogP contribution in [0.4, 0.5) is 0 Å². The number of hydrogen-bond donors (Lipinski definition) is 1. The maximum atomic E-state index is 12.2. The molecule has 0 amide bonds. The first kappa shape index (κ1) is 13.1. The Morgan fingerprint density at radius 3 is 2.67 bits per heavy atom. The van der Waals surface area contributed by atoms with E-state index >= 15 is 0 Å². The van der Waals surface area contributed by atoms with Crippen LogP contribution in [-0.4, -0.2) is 34.5 Å². The topological polar surface area (TPSA) is 89.3 Å². The molecule has 1 N–H and O–H groups in total. The third-order valence-electron chi connectivity index (χ3n) is 3.44. The van der Waals surface area contributed by atoms with Gasteiger partial charge in [-0.3, -0.25) is 4.68 Å². The minimum absolute atomic E-state index is 0.0286. The van der Waals surface area contributed by atoms with E-state index in [1.54, 1.807) is 7.05 Å². The van der Waals surface area contributed by atoms with Gasteiger partial charge in [-0.25, -0.2) is 13.2 Å². The number of sulfone groups is 1. The highest BCUT2D eigenvalue weighted by atomic mass is 32.2. The summed E-state index contributed by atoms with van der Waals surface area (Å²) in [5.74, 6) is -1.38. The lowest BCUT2D eigenvalue weighted by Crippen LogP contribution is -2.22. The number of nitrogens with zero attached hydrogens (tertiary/aromatic N) is 2. The van der Waals surface area contributed by atoms with Gasteiger partial charge in [0.05, 0.1) is 22.9 Å². The second-order valence-electron chi connectivity index (χ2n) is 4.65. The van der Waals surface area contributed by atoms with Crippen LogP contribution in [0.1, 0.15) is 41.7 Å². The van der Waals surface area contributed by atoms with Crippen molar-refractivity contribution in [2.75, 3.05) is 0 Å². The first-order chi connectivity index (χ1) is 8.42. The number of aryl methyl sites for hydroxylation is 1. The number of carboxylic acids is 1. The summed E-state index contributed by atoms with van der Waals surface area (Å²) in [6.07, 6.45) is 4.43. The fourth-order valence-electron chi connectivity index (χ4n) is 2.37. The number of carbonyl (C=O) groups is 1. The molecule has 100 valence electrons. The minimum atomic E-state index is -3.29. The molecule has 1 aromatic rings. The van der Waals surface area contributed by atoms with Crippen LogP contribution in [0.3, 0.4) is 0 Å². The summed E-state index contributed by atoms with van der Waals surface area (Å²) >= 11 is 0. The van der Waals surface area contributed by atoms with Gasteiger partial charge in [-0.2, -0.15) is 5.10 Å². The lowest BCUT2D eigenvalue weighted by atomic mass is 10.3. The fraction of sp³-hybridized carbons (Fsp3) is 0.636. The first-order valence-corrected chi connectivity index (χ1v) is 7.59. The zero-order chi connectivity index (χ0) is 13.3. The number of rotatable bonds is 4. The van der Waals surface area contributed by atoms with E-state index in [-0.39, 0.29) is 22.3 Å². The highest BCUT2D eigenvalue weighted by molar-refractivity contribution is 7.91. The summed E-state index contributed by atoms with van der Waals surface area (Å²) < 4.78 is 25.7. The van der Waals surface area contributed by atoms with Crippen molar-refractivity contribution >= 4 is 15.8 Å². The lowest BCUT2D eigenvalue weighted by molar-refractivity contribution is 0.0696. The molecule has 18 heavy (non-hydrogen) atoms. The number of aromatic carboxylic acids is 1. The van der Waals surface area contributed by atoms with Crippen LogP contribution < -0.4 is 0 Å². The predicted octanol–water partition coefficient (Wildman–Crippen LogP) is 0.976. The first-order valence-electron chi connectivity index (χ1n) is 5.87. The van der Waals surface area contributed by atoms with Crippen molar-refractivity contribution in [1.29, 1.82) is 0 Å². The fourth-order valence-corrected chi connectivity index (χ4v) is 4.38. The van der Waals surface area contributed by atoms with Crippen molar-refractivity contribution in [1.82, 2.24) is 9.78 Å². The van der Waals surface area contributed by atoms with E-state index in [4.69, 9.17) is 5.11 Å². The van der Waals surface area contributed by atoms with Crippen LogP contribution in [0.15, 0.2) is 6.20 Å². The van der Waals surface area contributed by atoms with Crippen molar-refractivity contribution in [2.24, 2.45) is 7.05 Å². The Labute approximate surface area is 106 Å². The molecule has 0 spiro atoms. The van der Waals surface area contributed by atoms with Gasteiger partial charge in [0.25, 0.3) is 0 Å². The molecule has 0 aromatic carbocycles. The highest BCUT2D eigenvalue weighted by Crippen LogP contribution is 2.27. The van der Waals surface area contributed by atoms with E-state index in [1.807, 2.05) is 0 Å². The van der Waals surface area contributed by atoms with Gasteiger partial charge in [0.15, 0.2) is 9.84 Å². The molecular formula is C11H16N2O4S. The molecule has 0 radical (unpaired) electrons. The maximum absolute atomic E-state index is 12.2. The molecular weight excluding hydrogens is 256 g/mol. The third-order valence-corrected chi connectivity index (χ3v) is 5.60. The molecule has 0 bridgehead atoms. The van der Waals surface area contributed by atoms with Crippen molar-refractivity contribution in [3.8, 4) is 0 Å². The average molecular weight is 272 g/mol. The molecule has 0 atom stereocenters. The van der Waals surface area contributed by atoms with Gasteiger partial charge in [-0.05, 0) is 12.8 Å².